The minimum atomic E-state index is -2.27. The van der Waals surface area contributed by atoms with Gasteiger partial charge in [-0.3, -0.25) is 0 Å². The van der Waals surface area contributed by atoms with E-state index in [1.54, 1.807) is 38.6 Å². The lowest BCUT2D eigenvalue weighted by molar-refractivity contribution is 0.418. The van der Waals surface area contributed by atoms with Crippen molar-refractivity contribution < 1.29 is 9.30 Å². The molecule has 0 bridgehead atoms. The van der Waals surface area contributed by atoms with Gasteiger partial charge < -0.3 is 15.0 Å². The number of methoxy groups -OCH3 is 1. The molecule has 0 heterocycles. The van der Waals surface area contributed by atoms with Gasteiger partial charge in [-0.05, 0) is 25.5 Å². The molecule has 0 spiro atoms. The van der Waals surface area contributed by atoms with E-state index in [2.05, 4.69) is 0 Å². The lowest BCUT2D eigenvalue weighted by atomic mass is 10.3. The van der Waals surface area contributed by atoms with Crippen molar-refractivity contribution in [2.75, 3.05) is 26.2 Å². The summed E-state index contributed by atoms with van der Waals surface area (Å²) in [5, 5.41) is 0.740. The fraction of sp³-hybridized carbons (Fsp3) is 0.333. The van der Waals surface area contributed by atoms with Crippen LogP contribution in [-0.4, -0.2) is 20.4 Å². The summed E-state index contributed by atoms with van der Waals surface area (Å²) in [6, 6.07) is 5.18. The second-order valence-electron chi connectivity index (χ2n) is 3.28. The molecule has 0 amide bonds. The van der Waals surface area contributed by atoms with Gasteiger partial charge in [-0.15, -0.1) is 0 Å². The number of hydrogen-bond donors (Lipinski definition) is 1. The average molecular weight is 199 g/mol. The molecule has 3 nitrogen and oxygen atoms in total. The maximum atomic E-state index is 11.8. The highest BCUT2D eigenvalue weighted by Gasteiger charge is 2.16. The zero-order valence-electron chi connectivity index (χ0n) is 8.07. The number of rotatable bonds is 2. The highest BCUT2D eigenvalue weighted by Crippen LogP contribution is 2.38. The molecule has 0 saturated heterocycles. The van der Waals surface area contributed by atoms with Crippen molar-refractivity contribution in [3.63, 3.8) is 0 Å². The first-order valence-corrected chi connectivity index (χ1v) is 6.54. The maximum Gasteiger partial charge on any atom is 0.131 e. The van der Waals surface area contributed by atoms with Crippen LogP contribution in [-0.2, 0) is 4.57 Å². The molecule has 1 aromatic rings. The molecule has 4 heteroatoms. The number of anilines is 1. The fourth-order valence-electron chi connectivity index (χ4n) is 1.14. The van der Waals surface area contributed by atoms with Gasteiger partial charge in [0.2, 0.25) is 0 Å². The van der Waals surface area contributed by atoms with E-state index in [0.717, 1.165) is 5.30 Å². The van der Waals surface area contributed by atoms with Crippen molar-refractivity contribution in [1.82, 2.24) is 0 Å². The summed E-state index contributed by atoms with van der Waals surface area (Å²) in [7, 11) is -0.723. The minimum absolute atomic E-state index is 0.605. The fourth-order valence-corrected chi connectivity index (χ4v) is 2.26. The summed E-state index contributed by atoms with van der Waals surface area (Å²) in [4.78, 5) is 0. The Balaban J connectivity index is 3.30. The summed E-state index contributed by atoms with van der Waals surface area (Å²) < 4.78 is 16.9. The second-order valence-corrected chi connectivity index (χ2v) is 6.47. The van der Waals surface area contributed by atoms with E-state index in [9.17, 15) is 4.57 Å². The van der Waals surface area contributed by atoms with Gasteiger partial charge in [-0.25, -0.2) is 0 Å². The largest absolute Gasteiger partial charge is 0.496 e. The van der Waals surface area contributed by atoms with Gasteiger partial charge in [0, 0.05) is 11.8 Å². The highest BCUT2D eigenvalue weighted by molar-refractivity contribution is 7.70. The molecule has 72 valence electrons. The molecule has 0 aromatic heterocycles. The Hall–Kier alpha value is -0.950. The quantitative estimate of drug-likeness (QED) is 0.580. The Kier molecular flexibility index (Phi) is 2.67. The number of nitrogen functional groups attached to an aromatic ring is 1. The third-order valence-electron chi connectivity index (χ3n) is 1.78. The van der Waals surface area contributed by atoms with Crippen molar-refractivity contribution in [3.8, 4) is 5.75 Å². The molecule has 2 N–H and O–H groups in total. The molecule has 0 aliphatic carbocycles. The van der Waals surface area contributed by atoms with E-state index in [4.69, 9.17) is 10.5 Å². The summed E-state index contributed by atoms with van der Waals surface area (Å²) in [5.41, 5.74) is 6.20. The SMILES string of the molecule is COc1cc(N)ccc1P(C)(C)=O. The standard InChI is InChI=1S/C9H14NO2P/c1-12-8-6-7(10)4-5-9(8)13(2,3)11/h4-6H,10H2,1-3H3. The van der Waals surface area contributed by atoms with Crippen LogP contribution in [0, 0.1) is 0 Å². The van der Waals surface area contributed by atoms with Crippen molar-refractivity contribution in [2.24, 2.45) is 0 Å². The molecule has 0 fully saturated rings. The first-order valence-electron chi connectivity index (χ1n) is 3.94. The average Bonchev–Trinajstić information content (AvgIpc) is 2.01. The highest BCUT2D eigenvalue weighted by atomic mass is 31.2. The zero-order valence-corrected chi connectivity index (χ0v) is 8.97. The van der Waals surface area contributed by atoms with Crippen LogP contribution in [0.25, 0.3) is 0 Å². The molecule has 0 unspecified atom stereocenters. The van der Waals surface area contributed by atoms with E-state index < -0.39 is 7.14 Å². The molecule has 0 atom stereocenters. The number of benzene rings is 1. The van der Waals surface area contributed by atoms with Crippen LogP contribution in [0.5, 0.6) is 5.75 Å². The van der Waals surface area contributed by atoms with Gasteiger partial charge in [0.25, 0.3) is 0 Å². The predicted octanol–water partition coefficient (Wildman–Crippen LogP) is 1.53. The zero-order chi connectivity index (χ0) is 10.1. The van der Waals surface area contributed by atoms with Gasteiger partial charge in [0.05, 0.1) is 12.4 Å². The lowest BCUT2D eigenvalue weighted by Crippen LogP contribution is -2.07. The first kappa shape index (κ1) is 10.1. The van der Waals surface area contributed by atoms with Crippen LogP contribution in [0.1, 0.15) is 0 Å². The summed E-state index contributed by atoms with van der Waals surface area (Å²) in [6.45, 7) is 3.42. The van der Waals surface area contributed by atoms with Crippen molar-refractivity contribution in [3.05, 3.63) is 18.2 Å². The van der Waals surface area contributed by atoms with Crippen LogP contribution in [0.2, 0.25) is 0 Å². The van der Waals surface area contributed by atoms with Crippen molar-refractivity contribution in [2.45, 2.75) is 0 Å². The number of ether oxygens (including phenoxy) is 1. The van der Waals surface area contributed by atoms with Crippen LogP contribution >= 0.6 is 7.14 Å². The third-order valence-corrected chi connectivity index (χ3v) is 3.31. The molecule has 13 heavy (non-hydrogen) atoms. The molecular weight excluding hydrogens is 185 g/mol. The van der Waals surface area contributed by atoms with Gasteiger partial charge in [0.1, 0.15) is 12.9 Å². The Morgan fingerprint density at radius 1 is 1.38 bits per heavy atom. The molecule has 1 rings (SSSR count). The normalized spacial score (nSPS) is 11.3. The summed E-state index contributed by atoms with van der Waals surface area (Å²) >= 11 is 0. The summed E-state index contributed by atoms with van der Waals surface area (Å²) in [5.74, 6) is 0.605. The molecule has 0 saturated carbocycles. The van der Waals surface area contributed by atoms with Crippen LogP contribution in [0.3, 0.4) is 0 Å². The van der Waals surface area contributed by atoms with E-state index in [1.807, 2.05) is 0 Å². The molecule has 0 aliphatic rings. The number of hydrogen-bond acceptors (Lipinski definition) is 3. The third kappa shape index (κ3) is 2.25. The van der Waals surface area contributed by atoms with Crippen LogP contribution in [0.4, 0.5) is 5.69 Å². The topological polar surface area (TPSA) is 52.3 Å². The Morgan fingerprint density at radius 3 is 2.46 bits per heavy atom. The molecule has 1 aromatic carbocycles. The minimum Gasteiger partial charge on any atom is -0.496 e. The van der Waals surface area contributed by atoms with Crippen LogP contribution in [0.15, 0.2) is 18.2 Å². The van der Waals surface area contributed by atoms with Gasteiger partial charge in [0.15, 0.2) is 0 Å². The number of nitrogens with two attached hydrogens (primary N) is 1. The van der Waals surface area contributed by atoms with Crippen molar-refractivity contribution >= 4 is 18.1 Å². The van der Waals surface area contributed by atoms with Crippen molar-refractivity contribution in [1.29, 1.82) is 0 Å². The van der Waals surface area contributed by atoms with E-state index in [0.29, 0.717) is 11.4 Å². The van der Waals surface area contributed by atoms with E-state index in [-0.39, 0.29) is 0 Å². The smallest absolute Gasteiger partial charge is 0.131 e. The van der Waals surface area contributed by atoms with Crippen LogP contribution < -0.4 is 15.8 Å². The van der Waals surface area contributed by atoms with Gasteiger partial charge in [-0.2, -0.15) is 0 Å². The van der Waals surface area contributed by atoms with Gasteiger partial charge >= 0.3 is 0 Å². The monoisotopic (exact) mass is 199 g/mol. The Labute approximate surface area is 78.3 Å². The maximum absolute atomic E-state index is 11.8. The first-order chi connectivity index (χ1) is 5.95. The van der Waals surface area contributed by atoms with E-state index >= 15 is 0 Å². The molecule has 0 radical (unpaired) electrons. The predicted molar refractivity (Wildman–Crippen MR) is 56.5 cm³/mol. The lowest BCUT2D eigenvalue weighted by Gasteiger charge is -2.12. The Morgan fingerprint density at radius 2 is 2.00 bits per heavy atom. The van der Waals surface area contributed by atoms with E-state index in [1.165, 1.54) is 0 Å². The molecule has 0 aliphatic heterocycles. The molecular formula is C9H14NO2P. The Bertz CT molecular complexity index is 357. The second kappa shape index (κ2) is 3.43. The van der Waals surface area contributed by atoms with Gasteiger partial charge in [-0.1, -0.05) is 0 Å². The summed E-state index contributed by atoms with van der Waals surface area (Å²) in [6.07, 6.45) is 0.